The van der Waals surface area contributed by atoms with Crippen LogP contribution in [0.5, 0.6) is 5.75 Å². The Labute approximate surface area is 148 Å². The number of phenolic OH excluding ortho intramolecular Hbond substituents is 1. The number of phenols is 1. The number of aromatic nitrogens is 2. The van der Waals surface area contributed by atoms with Crippen LogP contribution >= 0.6 is 0 Å². The number of carbonyl (C=O) groups excluding carboxylic acids is 1. The number of aromatic hydroxyl groups is 1. The molecule has 0 saturated carbocycles. The Bertz CT molecular complexity index is 1230. The Morgan fingerprint density at radius 2 is 2.08 bits per heavy atom. The zero-order chi connectivity index (χ0) is 18.4. The molecule has 0 aliphatic heterocycles. The maximum atomic E-state index is 12.6. The van der Waals surface area contributed by atoms with E-state index in [0.29, 0.717) is 5.52 Å². The standard InChI is InChI=1S/C20H17N3O3/c1-2-11-8-12-6-7-22-14(12)9-16(11)23-10-13(20(21)26)19(25)18-15(23)4-3-5-17(18)24/h3-10,22,24H,2H2,1H3,(H2,21,26). The van der Waals surface area contributed by atoms with Crippen LogP contribution in [0.3, 0.4) is 0 Å². The van der Waals surface area contributed by atoms with Crippen LogP contribution in [0, 0.1) is 0 Å². The molecule has 4 N–H and O–H groups in total. The highest BCUT2D eigenvalue weighted by molar-refractivity contribution is 5.98. The molecule has 0 spiro atoms. The Balaban J connectivity index is 2.18. The number of amides is 1. The lowest BCUT2D eigenvalue weighted by atomic mass is 10.0. The van der Waals surface area contributed by atoms with E-state index >= 15 is 0 Å². The molecule has 1 amide bonds. The molecule has 0 fully saturated rings. The Kier molecular flexibility index (Phi) is 3.54. The molecule has 130 valence electrons. The van der Waals surface area contributed by atoms with Crippen molar-refractivity contribution in [3.63, 3.8) is 0 Å². The summed E-state index contributed by atoms with van der Waals surface area (Å²) in [4.78, 5) is 27.6. The number of aromatic amines is 1. The SMILES string of the molecule is CCc1cc2cc[nH]c2cc1-n1cc(C(N)=O)c(=O)c2c(O)cccc21. The lowest BCUT2D eigenvalue weighted by molar-refractivity contribution is 0.0999. The topological polar surface area (TPSA) is 101 Å². The third-order valence-corrected chi connectivity index (χ3v) is 4.67. The summed E-state index contributed by atoms with van der Waals surface area (Å²) in [6.07, 6.45) is 4.07. The second-order valence-electron chi connectivity index (χ2n) is 6.18. The number of carbonyl (C=O) groups is 1. The minimum absolute atomic E-state index is 0.0810. The van der Waals surface area contributed by atoms with E-state index < -0.39 is 11.3 Å². The van der Waals surface area contributed by atoms with Gasteiger partial charge in [0.05, 0.1) is 16.6 Å². The number of nitrogens with two attached hydrogens (primary N) is 1. The molecular formula is C20H17N3O3. The van der Waals surface area contributed by atoms with Crippen LogP contribution in [0.1, 0.15) is 22.8 Å². The van der Waals surface area contributed by atoms with E-state index in [4.69, 9.17) is 5.73 Å². The number of benzene rings is 2. The number of H-pyrrole nitrogens is 1. The third kappa shape index (κ3) is 2.27. The van der Waals surface area contributed by atoms with E-state index in [1.165, 1.54) is 12.3 Å². The van der Waals surface area contributed by atoms with Crippen LogP contribution in [-0.4, -0.2) is 20.6 Å². The minimum Gasteiger partial charge on any atom is -0.507 e. The summed E-state index contributed by atoms with van der Waals surface area (Å²) in [5, 5.41) is 11.4. The fourth-order valence-corrected chi connectivity index (χ4v) is 3.37. The van der Waals surface area contributed by atoms with Gasteiger partial charge in [-0.05, 0) is 47.7 Å². The van der Waals surface area contributed by atoms with Gasteiger partial charge in [-0.15, -0.1) is 0 Å². The highest BCUT2D eigenvalue weighted by atomic mass is 16.3. The predicted molar refractivity (Wildman–Crippen MR) is 101 cm³/mol. The first-order valence-electron chi connectivity index (χ1n) is 8.28. The minimum atomic E-state index is -0.826. The number of fused-ring (bicyclic) bond motifs is 2. The van der Waals surface area contributed by atoms with Gasteiger partial charge in [-0.1, -0.05) is 13.0 Å². The van der Waals surface area contributed by atoms with Crippen molar-refractivity contribution in [2.24, 2.45) is 5.73 Å². The smallest absolute Gasteiger partial charge is 0.254 e. The molecule has 2 heterocycles. The van der Waals surface area contributed by atoms with Crippen molar-refractivity contribution in [3.05, 3.63) is 70.1 Å². The van der Waals surface area contributed by atoms with E-state index in [9.17, 15) is 14.7 Å². The molecule has 0 saturated heterocycles. The van der Waals surface area contributed by atoms with Crippen LogP contribution in [0.4, 0.5) is 0 Å². The van der Waals surface area contributed by atoms with E-state index in [1.807, 2.05) is 25.3 Å². The van der Waals surface area contributed by atoms with Gasteiger partial charge in [-0.25, -0.2) is 0 Å². The number of rotatable bonds is 3. The molecule has 6 nitrogen and oxygen atoms in total. The largest absolute Gasteiger partial charge is 0.507 e. The first-order valence-corrected chi connectivity index (χ1v) is 8.28. The van der Waals surface area contributed by atoms with Crippen molar-refractivity contribution in [2.45, 2.75) is 13.3 Å². The number of nitrogens with zero attached hydrogens (tertiary/aromatic N) is 1. The zero-order valence-corrected chi connectivity index (χ0v) is 14.1. The van der Waals surface area contributed by atoms with E-state index in [0.717, 1.165) is 28.6 Å². The molecule has 2 aromatic heterocycles. The van der Waals surface area contributed by atoms with Crippen molar-refractivity contribution in [3.8, 4) is 11.4 Å². The van der Waals surface area contributed by atoms with E-state index in [2.05, 4.69) is 11.1 Å². The van der Waals surface area contributed by atoms with Gasteiger partial charge in [0.1, 0.15) is 11.3 Å². The van der Waals surface area contributed by atoms with Crippen molar-refractivity contribution >= 4 is 27.7 Å². The molecule has 4 rings (SSSR count). The molecule has 0 aliphatic carbocycles. The molecule has 0 unspecified atom stereocenters. The lowest BCUT2D eigenvalue weighted by Crippen LogP contribution is -2.24. The maximum absolute atomic E-state index is 12.6. The molecule has 2 aromatic carbocycles. The summed E-state index contributed by atoms with van der Waals surface area (Å²) in [6.45, 7) is 2.04. The average Bonchev–Trinajstić information content (AvgIpc) is 3.08. The van der Waals surface area contributed by atoms with Gasteiger partial charge in [-0.2, -0.15) is 0 Å². The van der Waals surface area contributed by atoms with Gasteiger partial charge in [0.15, 0.2) is 0 Å². The first-order chi connectivity index (χ1) is 12.5. The molecule has 0 bridgehead atoms. The summed E-state index contributed by atoms with van der Waals surface area (Å²) in [6, 6.07) is 10.8. The molecule has 6 heteroatoms. The number of primary amides is 1. The van der Waals surface area contributed by atoms with Gasteiger partial charge in [-0.3, -0.25) is 9.59 Å². The van der Waals surface area contributed by atoms with Crippen LogP contribution in [0.15, 0.2) is 53.6 Å². The van der Waals surface area contributed by atoms with E-state index in [1.54, 1.807) is 16.7 Å². The summed E-state index contributed by atoms with van der Waals surface area (Å²) >= 11 is 0. The quantitative estimate of drug-likeness (QED) is 0.531. The molecule has 0 atom stereocenters. The average molecular weight is 347 g/mol. The van der Waals surface area contributed by atoms with Crippen LogP contribution < -0.4 is 11.2 Å². The summed E-state index contributed by atoms with van der Waals surface area (Å²) in [5.74, 6) is -1.00. The predicted octanol–water partition coefficient (Wildman–Crippen LogP) is 2.84. The number of aryl methyl sites for hydroxylation is 1. The monoisotopic (exact) mass is 347 g/mol. The van der Waals surface area contributed by atoms with Gasteiger partial charge in [0.2, 0.25) is 5.43 Å². The summed E-state index contributed by atoms with van der Waals surface area (Å²) in [7, 11) is 0. The molecule has 26 heavy (non-hydrogen) atoms. The second kappa shape index (κ2) is 5.77. The van der Waals surface area contributed by atoms with Crippen LogP contribution in [0.25, 0.3) is 27.5 Å². The van der Waals surface area contributed by atoms with Crippen molar-refractivity contribution in [1.29, 1.82) is 0 Å². The van der Waals surface area contributed by atoms with Gasteiger partial charge in [0.25, 0.3) is 5.91 Å². The maximum Gasteiger partial charge on any atom is 0.254 e. The third-order valence-electron chi connectivity index (χ3n) is 4.67. The van der Waals surface area contributed by atoms with Crippen LogP contribution in [0.2, 0.25) is 0 Å². The highest BCUT2D eigenvalue weighted by Crippen LogP contribution is 2.28. The number of pyridine rings is 1. The first kappa shape index (κ1) is 16.0. The Morgan fingerprint density at radius 1 is 1.27 bits per heavy atom. The lowest BCUT2D eigenvalue weighted by Gasteiger charge is -2.17. The second-order valence-corrected chi connectivity index (χ2v) is 6.18. The Hall–Kier alpha value is -3.54. The van der Waals surface area contributed by atoms with Gasteiger partial charge in [0, 0.05) is 17.9 Å². The van der Waals surface area contributed by atoms with Crippen molar-refractivity contribution in [1.82, 2.24) is 9.55 Å². The van der Waals surface area contributed by atoms with Crippen LogP contribution in [-0.2, 0) is 6.42 Å². The molecule has 4 aromatic rings. The molecular weight excluding hydrogens is 330 g/mol. The van der Waals surface area contributed by atoms with Crippen molar-refractivity contribution < 1.29 is 9.90 Å². The zero-order valence-electron chi connectivity index (χ0n) is 14.1. The van der Waals surface area contributed by atoms with Gasteiger partial charge < -0.3 is 20.4 Å². The number of hydrogen-bond donors (Lipinski definition) is 3. The highest BCUT2D eigenvalue weighted by Gasteiger charge is 2.18. The summed E-state index contributed by atoms with van der Waals surface area (Å²) < 4.78 is 1.75. The Morgan fingerprint density at radius 3 is 2.81 bits per heavy atom. The fourth-order valence-electron chi connectivity index (χ4n) is 3.37. The molecule has 0 aliphatic rings. The normalized spacial score (nSPS) is 11.3. The van der Waals surface area contributed by atoms with E-state index in [-0.39, 0.29) is 16.7 Å². The number of nitrogens with one attached hydrogen (secondary N) is 1. The molecule has 0 radical (unpaired) electrons. The summed E-state index contributed by atoms with van der Waals surface area (Å²) in [5.41, 5.74) is 7.99. The fraction of sp³-hybridized carbons (Fsp3) is 0.100. The van der Waals surface area contributed by atoms with Crippen molar-refractivity contribution in [2.75, 3.05) is 0 Å². The number of hydrogen-bond acceptors (Lipinski definition) is 3. The van der Waals surface area contributed by atoms with Gasteiger partial charge >= 0.3 is 0 Å².